The largest absolute Gasteiger partial charge is 0.319 e. The maximum atomic E-state index is 13.8. The van der Waals surface area contributed by atoms with Crippen LogP contribution in [-0.2, 0) is 6.42 Å². The second kappa shape index (κ2) is 6.14. The van der Waals surface area contributed by atoms with Gasteiger partial charge in [-0.2, -0.15) is 0 Å². The molecular weight excluding hydrogens is 251 g/mol. The lowest BCUT2D eigenvalue weighted by Crippen LogP contribution is -2.12. The number of hydrogen-bond donors (Lipinski definition) is 1. The molecule has 0 radical (unpaired) electrons. The molecule has 106 valence electrons. The van der Waals surface area contributed by atoms with Crippen molar-refractivity contribution in [3.8, 4) is 11.3 Å². The third-order valence-corrected chi connectivity index (χ3v) is 3.66. The lowest BCUT2D eigenvalue weighted by atomic mass is 10.0. The minimum Gasteiger partial charge on any atom is -0.319 e. The fourth-order valence-corrected chi connectivity index (χ4v) is 2.21. The number of likely N-dealkylation sites (N-methyl/N-ethyl adjacent to an activating group) is 1. The summed E-state index contributed by atoms with van der Waals surface area (Å²) in [6, 6.07) is 7.43. The Kier molecular flexibility index (Phi) is 4.50. The highest BCUT2D eigenvalue weighted by Crippen LogP contribution is 2.26. The standard InChI is InChI=1S/C17H21FN2/c1-11-5-6-14(10-16(11)18)17-13(3)12(2)9-15(20-17)7-8-19-4/h5-6,9-10,19H,7-8H2,1-4H3. The zero-order valence-corrected chi connectivity index (χ0v) is 12.5. The molecule has 2 aromatic rings. The zero-order chi connectivity index (χ0) is 14.7. The molecule has 20 heavy (non-hydrogen) atoms. The van der Waals surface area contributed by atoms with E-state index < -0.39 is 0 Å². The molecule has 2 nitrogen and oxygen atoms in total. The predicted octanol–water partition coefficient (Wildman–Crippen LogP) is 3.57. The van der Waals surface area contributed by atoms with E-state index in [4.69, 9.17) is 4.98 Å². The molecule has 1 N–H and O–H groups in total. The van der Waals surface area contributed by atoms with Crippen LogP contribution >= 0.6 is 0 Å². The van der Waals surface area contributed by atoms with Gasteiger partial charge < -0.3 is 5.32 Å². The summed E-state index contributed by atoms with van der Waals surface area (Å²) in [5.74, 6) is -0.179. The Bertz CT molecular complexity index is 621. The van der Waals surface area contributed by atoms with Gasteiger partial charge in [-0.15, -0.1) is 0 Å². The summed E-state index contributed by atoms with van der Waals surface area (Å²) in [4.78, 5) is 4.70. The molecule has 0 saturated heterocycles. The fraction of sp³-hybridized carbons (Fsp3) is 0.353. The number of nitrogens with zero attached hydrogens (tertiary/aromatic N) is 1. The van der Waals surface area contributed by atoms with Gasteiger partial charge in [0.1, 0.15) is 5.82 Å². The summed E-state index contributed by atoms with van der Waals surface area (Å²) in [7, 11) is 1.93. The van der Waals surface area contributed by atoms with Gasteiger partial charge in [-0.3, -0.25) is 4.98 Å². The summed E-state index contributed by atoms with van der Waals surface area (Å²) in [5.41, 5.74) is 5.74. The van der Waals surface area contributed by atoms with Crippen molar-refractivity contribution in [3.63, 3.8) is 0 Å². The van der Waals surface area contributed by atoms with Crippen molar-refractivity contribution < 1.29 is 4.39 Å². The second-order valence-corrected chi connectivity index (χ2v) is 5.22. The van der Waals surface area contributed by atoms with Crippen molar-refractivity contribution in [3.05, 3.63) is 52.5 Å². The van der Waals surface area contributed by atoms with Crippen LogP contribution in [0.4, 0.5) is 4.39 Å². The molecule has 1 aromatic heterocycles. The molecule has 1 heterocycles. The number of rotatable bonds is 4. The fourth-order valence-electron chi connectivity index (χ4n) is 2.21. The molecule has 0 unspecified atom stereocenters. The molecule has 0 spiro atoms. The maximum absolute atomic E-state index is 13.8. The van der Waals surface area contributed by atoms with E-state index in [-0.39, 0.29) is 5.82 Å². The van der Waals surface area contributed by atoms with Crippen LogP contribution in [0.15, 0.2) is 24.3 Å². The van der Waals surface area contributed by atoms with Crippen molar-refractivity contribution in [1.29, 1.82) is 0 Å². The molecule has 1 aromatic carbocycles. The molecule has 0 aliphatic carbocycles. The molecule has 0 saturated carbocycles. The Morgan fingerprint density at radius 2 is 1.85 bits per heavy atom. The van der Waals surface area contributed by atoms with Gasteiger partial charge in [0.25, 0.3) is 0 Å². The number of benzene rings is 1. The summed E-state index contributed by atoms with van der Waals surface area (Å²) >= 11 is 0. The van der Waals surface area contributed by atoms with Crippen LogP contribution < -0.4 is 5.32 Å². The summed E-state index contributed by atoms with van der Waals surface area (Å²) in [5, 5.41) is 3.13. The van der Waals surface area contributed by atoms with E-state index in [0.717, 1.165) is 35.5 Å². The average molecular weight is 272 g/mol. The van der Waals surface area contributed by atoms with Crippen molar-refractivity contribution >= 4 is 0 Å². The summed E-state index contributed by atoms with van der Waals surface area (Å²) in [6.45, 7) is 6.77. The van der Waals surface area contributed by atoms with Gasteiger partial charge in [-0.05, 0) is 56.6 Å². The van der Waals surface area contributed by atoms with E-state index in [1.165, 1.54) is 5.56 Å². The van der Waals surface area contributed by atoms with Gasteiger partial charge >= 0.3 is 0 Å². The minimum atomic E-state index is -0.179. The van der Waals surface area contributed by atoms with Crippen LogP contribution in [0.3, 0.4) is 0 Å². The first kappa shape index (κ1) is 14.7. The van der Waals surface area contributed by atoms with Gasteiger partial charge in [-0.25, -0.2) is 4.39 Å². The van der Waals surface area contributed by atoms with Gasteiger partial charge in [0.15, 0.2) is 0 Å². The molecule has 0 amide bonds. The molecule has 3 heteroatoms. The number of aryl methyl sites for hydroxylation is 2. The first-order chi connectivity index (χ1) is 9.52. The SMILES string of the molecule is CNCCc1cc(C)c(C)c(-c2ccc(C)c(F)c2)n1. The Morgan fingerprint density at radius 1 is 1.10 bits per heavy atom. The molecule has 0 atom stereocenters. The highest BCUT2D eigenvalue weighted by Gasteiger charge is 2.10. The highest BCUT2D eigenvalue weighted by molar-refractivity contribution is 5.65. The Morgan fingerprint density at radius 3 is 2.50 bits per heavy atom. The van der Waals surface area contributed by atoms with Crippen molar-refractivity contribution in [2.24, 2.45) is 0 Å². The average Bonchev–Trinajstić information content (AvgIpc) is 2.43. The Labute approximate surface area is 120 Å². The maximum Gasteiger partial charge on any atom is 0.126 e. The van der Waals surface area contributed by atoms with Crippen molar-refractivity contribution in [2.75, 3.05) is 13.6 Å². The number of hydrogen-bond acceptors (Lipinski definition) is 2. The van der Waals surface area contributed by atoms with E-state index in [1.54, 1.807) is 19.1 Å². The smallest absolute Gasteiger partial charge is 0.126 e. The highest BCUT2D eigenvalue weighted by atomic mass is 19.1. The molecular formula is C17H21FN2. The van der Waals surface area contributed by atoms with Gasteiger partial charge in [0.2, 0.25) is 0 Å². The quantitative estimate of drug-likeness (QED) is 0.920. The van der Waals surface area contributed by atoms with E-state index in [0.29, 0.717) is 5.56 Å². The summed E-state index contributed by atoms with van der Waals surface area (Å²) < 4.78 is 13.8. The van der Waals surface area contributed by atoms with Crippen LogP contribution in [0.5, 0.6) is 0 Å². The summed E-state index contributed by atoms with van der Waals surface area (Å²) in [6.07, 6.45) is 0.874. The molecule has 0 aliphatic heterocycles. The van der Waals surface area contributed by atoms with E-state index in [2.05, 4.69) is 18.3 Å². The second-order valence-electron chi connectivity index (χ2n) is 5.22. The topological polar surface area (TPSA) is 24.9 Å². The first-order valence-electron chi connectivity index (χ1n) is 6.91. The van der Waals surface area contributed by atoms with Crippen LogP contribution in [0.1, 0.15) is 22.4 Å². The Hall–Kier alpha value is -1.74. The normalized spacial score (nSPS) is 10.8. The van der Waals surface area contributed by atoms with Crippen LogP contribution in [0.2, 0.25) is 0 Å². The van der Waals surface area contributed by atoms with E-state index >= 15 is 0 Å². The first-order valence-corrected chi connectivity index (χ1v) is 6.91. The lowest BCUT2D eigenvalue weighted by molar-refractivity contribution is 0.619. The minimum absolute atomic E-state index is 0.179. The van der Waals surface area contributed by atoms with Crippen LogP contribution in [0.25, 0.3) is 11.3 Å². The Balaban J connectivity index is 2.48. The molecule has 0 aliphatic rings. The lowest BCUT2D eigenvalue weighted by Gasteiger charge is -2.12. The van der Waals surface area contributed by atoms with Gasteiger partial charge in [-0.1, -0.05) is 12.1 Å². The third-order valence-electron chi connectivity index (χ3n) is 3.66. The van der Waals surface area contributed by atoms with Gasteiger partial charge in [0, 0.05) is 24.2 Å². The van der Waals surface area contributed by atoms with Crippen molar-refractivity contribution in [1.82, 2.24) is 10.3 Å². The van der Waals surface area contributed by atoms with Crippen molar-refractivity contribution in [2.45, 2.75) is 27.2 Å². The molecule has 0 fully saturated rings. The zero-order valence-electron chi connectivity index (χ0n) is 12.5. The predicted molar refractivity (Wildman–Crippen MR) is 81.5 cm³/mol. The number of pyridine rings is 1. The van der Waals surface area contributed by atoms with Crippen LogP contribution in [0, 0.1) is 26.6 Å². The number of nitrogens with one attached hydrogen (secondary N) is 1. The van der Waals surface area contributed by atoms with E-state index in [9.17, 15) is 4.39 Å². The third kappa shape index (κ3) is 3.05. The molecule has 0 bridgehead atoms. The van der Waals surface area contributed by atoms with Crippen LogP contribution in [-0.4, -0.2) is 18.6 Å². The monoisotopic (exact) mass is 272 g/mol. The molecule has 2 rings (SSSR count). The number of aromatic nitrogens is 1. The van der Waals surface area contributed by atoms with Gasteiger partial charge in [0.05, 0.1) is 5.69 Å². The number of halogens is 1. The van der Waals surface area contributed by atoms with E-state index in [1.807, 2.05) is 20.0 Å².